The highest BCUT2D eigenvalue weighted by molar-refractivity contribution is 9.11. The summed E-state index contributed by atoms with van der Waals surface area (Å²) in [5.74, 6) is 2.71. The second-order valence-electron chi connectivity index (χ2n) is 4.15. The molecule has 0 saturated carbocycles. The molecule has 0 radical (unpaired) electrons. The van der Waals surface area contributed by atoms with Gasteiger partial charge in [-0.1, -0.05) is 0 Å². The molecule has 2 nitrogen and oxygen atoms in total. The maximum absolute atomic E-state index is 5.70. The molecule has 0 saturated heterocycles. The van der Waals surface area contributed by atoms with Crippen LogP contribution in [0, 0.1) is 0 Å². The van der Waals surface area contributed by atoms with Gasteiger partial charge in [0.1, 0.15) is 0 Å². The standard InChI is InChI=1S/C14H13BrO2S2/c15-14-5-3-11(19-14)9-18-10-2-4-12-13(8-10)17-7-1-6-16-12/h2-5,8H,1,6-7,9H2. The molecule has 19 heavy (non-hydrogen) atoms. The smallest absolute Gasteiger partial charge is 0.162 e. The Labute approximate surface area is 129 Å². The minimum atomic E-state index is 0.735. The van der Waals surface area contributed by atoms with Gasteiger partial charge in [-0.3, -0.25) is 0 Å². The van der Waals surface area contributed by atoms with Crippen LogP contribution in [-0.2, 0) is 5.75 Å². The first-order chi connectivity index (χ1) is 9.31. The predicted octanol–water partition coefficient (Wildman–Crippen LogP) is 4.96. The molecule has 0 spiro atoms. The number of benzene rings is 1. The van der Waals surface area contributed by atoms with E-state index in [1.165, 1.54) is 13.6 Å². The van der Waals surface area contributed by atoms with Crippen LogP contribution in [-0.4, -0.2) is 13.2 Å². The summed E-state index contributed by atoms with van der Waals surface area (Å²) in [5.41, 5.74) is 0. The molecule has 3 rings (SSSR count). The number of thiophene rings is 1. The van der Waals surface area contributed by atoms with E-state index >= 15 is 0 Å². The third kappa shape index (κ3) is 3.46. The van der Waals surface area contributed by atoms with Crippen LogP contribution >= 0.6 is 39.0 Å². The lowest BCUT2D eigenvalue weighted by atomic mass is 10.3. The molecule has 1 aliphatic heterocycles. The monoisotopic (exact) mass is 356 g/mol. The molecule has 0 bridgehead atoms. The molecule has 1 aromatic heterocycles. The van der Waals surface area contributed by atoms with E-state index < -0.39 is 0 Å². The number of rotatable bonds is 3. The summed E-state index contributed by atoms with van der Waals surface area (Å²) < 4.78 is 12.5. The Morgan fingerprint density at radius 3 is 2.74 bits per heavy atom. The zero-order valence-electron chi connectivity index (χ0n) is 10.2. The summed E-state index contributed by atoms with van der Waals surface area (Å²) in [6.07, 6.45) is 0.945. The van der Waals surface area contributed by atoms with Crippen LogP contribution in [0.4, 0.5) is 0 Å². The molecule has 1 aromatic carbocycles. The average molecular weight is 357 g/mol. The minimum absolute atomic E-state index is 0.735. The number of hydrogen-bond donors (Lipinski definition) is 0. The van der Waals surface area contributed by atoms with E-state index in [1.54, 1.807) is 11.3 Å². The molecule has 0 unspecified atom stereocenters. The van der Waals surface area contributed by atoms with Gasteiger partial charge in [0.05, 0.1) is 17.0 Å². The molecule has 0 amide bonds. The third-order valence-corrected chi connectivity index (χ3v) is 5.58. The lowest BCUT2D eigenvalue weighted by molar-refractivity contribution is 0.297. The highest BCUT2D eigenvalue weighted by atomic mass is 79.9. The summed E-state index contributed by atoms with van der Waals surface area (Å²) in [7, 11) is 0. The second kappa shape index (κ2) is 6.20. The summed E-state index contributed by atoms with van der Waals surface area (Å²) in [4.78, 5) is 2.58. The van der Waals surface area contributed by atoms with Gasteiger partial charge in [-0.2, -0.15) is 0 Å². The van der Waals surface area contributed by atoms with Crippen molar-refractivity contribution in [1.29, 1.82) is 0 Å². The summed E-state index contributed by atoms with van der Waals surface area (Å²) >= 11 is 7.09. The molecule has 2 aromatic rings. The van der Waals surface area contributed by atoms with Crippen LogP contribution in [0.2, 0.25) is 0 Å². The van der Waals surface area contributed by atoms with Crippen molar-refractivity contribution >= 4 is 39.0 Å². The number of thioether (sulfide) groups is 1. The van der Waals surface area contributed by atoms with Crippen molar-refractivity contribution in [1.82, 2.24) is 0 Å². The van der Waals surface area contributed by atoms with Gasteiger partial charge in [-0.15, -0.1) is 23.1 Å². The van der Waals surface area contributed by atoms with E-state index in [1.807, 2.05) is 17.8 Å². The fourth-order valence-electron chi connectivity index (χ4n) is 1.82. The fourth-order valence-corrected chi connectivity index (χ4v) is 4.27. The van der Waals surface area contributed by atoms with Gasteiger partial charge in [0.2, 0.25) is 0 Å². The molecule has 0 aliphatic carbocycles. The first kappa shape index (κ1) is 13.3. The molecule has 100 valence electrons. The van der Waals surface area contributed by atoms with E-state index in [9.17, 15) is 0 Å². The number of hydrogen-bond acceptors (Lipinski definition) is 4. The number of halogens is 1. The third-order valence-electron chi connectivity index (χ3n) is 2.73. The molecule has 2 heterocycles. The van der Waals surface area contributed by atoms with Gasteiger partial charge in [-0.05, 0) is 46.3 Å². The highest BCUT2D eigenvalue weighted by Gasteiger charge is 2.11. The molecular weight excluding hydrogens is 344 g/mol. The maximum atomic E-state index is 5.70. The van der Waals surface area contributed by atoms with Crippen molar-refractivity contribution in [3.8, 4) is 11.5 Å². The van der Waals surface area contributed by atoms with Gasteiger partial charge in [0, 0.05) is 21.9 Å². The lowest BCUT2D eigenvalue weighted by Gasteiger charge is -2.08. The Kier molecular flexibility index (Phi) is 4.35. The topological polar surface area (TPSA) is 18.5 Å². The van der Waals surface area contributed by atoms with Gasteiger partial charge in [0.15, 0.2) is 11.5 Å². The van der Waals surface area contributed by atoms with E-state index in [0.717, 1.165) is 36.9 Å². The van der Waals surface area contributed by atoms with Crippen LogP contribution in [0.3, 0.4) is 0 Å². The van der Waals surface area contributed by atoms with E-state index in [2.05, 4.69) is 40.2 Å². The van der Waals surface area contributed by atoms with Crippen LogP contribution in [0.5, 0.6) is 11.5 Å². The minimum Gasteiger partial charge on any atom is -0.490 e. The first-order valence-electron chi connectivity index (χ1n) is 6.08. The summed E-state index contributed by atoms with van der Waals surface area (Å²) in [6.45, 7) is 1.47. The Morgan fingerprint density at radius 2 is 1.95 bits per heavy atom. The Balaban J connectivity index is 1.69. The van der Waals surface area contributed by atoms with E-state index in [0.29, 0.717) is 0 Å². The molecule has 0 atom stereocenters. The second-order valence-corrected chi connectivity index (χ2v) is 7.75. The quantitative estimate of drug-likeness (QED) is 0.723. The van der Waals surface area contributed by atoms with E-state index in [-0.39, 0.29) is 0 Å². The van der Waals surface area contributed by atoms with Crippen molar-refractivity contribution in [3.63, 3.8) is 0 Å². The van der Waals surface area contributed by atoms with Gasteiger partial charge < -0.3 is 9.47 Å². The van der Waals surface area contributed by atoms with Gasteiger partial charge in [-0.25, -0.2) is 0 Å². The maximum Gasteiger partial charge on any atom is 0.162 e. The number of ether oxygens (including phenoxy) is 2. The lowest BCUT2D eigenvalue weighted by Crippen LogP contribution is -1.97. The summed E-state index contributed by atoms with van der Waals surface area (Å²) in [6, 6.07) is 10.4. The van der Waals surface area contributed by atoms with Crippen LogP contribution in [0.25, 0.3) is 0 Å². The zero-order chi connectivity index (χ0) is 13.1. The van der Waals surface area contributed by atoms with Crippen LogP contribution in [0.15, 0.2) is 39.0 Å². The molecule has 0 fully saturated rings. The largest absolute Gasteiger partial charge is 0.490 e. The SMILES string of the molecule is Brc1ccc(CSc2ccc3c(c2)OCCCO3)s1. The Bertz CT molecular complexity index is 568. The molecule has 0 N–H and O–H groups in total. The van der Waals surface area contributed by atoms with Crippen molar-refractivity contribution in [2.45, 2.75) is 17.1 Å². The fraction of sp³-hybridized carbons (Fsp3) is 0.286. The van der Waals surface area contributed by atoms with Crippen molar-refractivity contribution in [3.05, 3.63) is 39.0 Å². The van der Waals surface area contributed by atoms with Crippen molar-refractivity contribution < 1.29 is 9.47 Å². The molecule has 5 heteroatoms. The molecular formula is C14H13BrO2S2. The number of fused-ring (bicyclic) bond motifs is 1. The van der Waals surface area contributed by atoms with Crippen molar-refractivity contribution in [2.75, 3.05) is 13.2 Å². The summed E-state index contributed by atoms with van der Waals surface area (Å²) in [5, 5.41) is 0. The van der Waals surface area contributed by atoms with Crippen LogP contribution in [0.1, 0.15) is 11.3 Å². The zero-order valence-corrected chi connectivity index (χ0v) is 13.4. The van der Waals surface area contributed by atoms with E-state index in [4.69, 9.17) is 9.47 Å². The Hall–Kier alpha value is -0.650. The van der Waals surface area contributed by atoms with Crippen molar-refractivity contribution in [2.24, 2.45) is 0 Å². The van der Waals surface area contributed by atoms with Gasteiger partial charge in [0.25, 0.3) is 0 Å². The van der Waals surface area contributed by atoms with Gasteiger partial charge >= 0.3 is 0 Å². The van der Waals surface area contributed by atoms with Crippen LogP contribution < -0.4 is 9.47 Å². The highest BCUT2D eigenvalue weighted by Crippen LogP contribution is 2.36. The molecule has 1 aliphatic rings. The normalized spacial score (nSPS) is 14.2. The first-order valence-corrected chi connectivity index (χ1v) is 8.67. The average Bonchev–Trinajstić information content (AvgIpc) is 2.70. The predicted molar refractivity (Wildman–Crippen MR) is 83.6 cm³/mol. The Morgan fingerprint density at radius 1 is 1.11 bits per heavy atom.